The highest BCUT2D eigenvalue weighted by Crippen LogP contribution is 2.27. The van der Waals surface area contributed by atoms with E-state index in [1.54, 1.807) is 24.3 Å². The van der Waals surface area contributed by atoms with Gasteiger partial charge < -0.3 is 5.73 Å². The Morgan fingerprint density at radius 2 is 1.90 bits per heavy atom. The van der Waals surface area contributed by atoms with Gasteiger partial charge in [0.05, 0.1) is 10.6 Å². The van der Waals surface area contributed by atoms with Crippen LogP contribution in [0.5, 0.6) is 0 Å². The maximum atomic E-state index is 12.4. The van der Waals surface area contributed by atoms with E-state index >= 15 is 0 Å². The van der Waals surface area contributed by atoms with Gasteiger partial charge in [0, 0.05) is 10.6 Å². The third-order valence-corrected chi connectivity index (χ3v) is 5.32. The average Bonchev–Trinajstić information content (AvgIpc) is 2.47. The fourth-order valence-electron chi connectivity index (χ4n) is 1.99. The number of anilines is 2. The molecule has 0 aliphatic heterocycles. The molecule has 4 nitrogen and oxygen atoms in total. The molecule has 2 aromatic rings. The second-order valence-electron chi connectivity index (χ2n) is 4.52. The van der Waals surface area contributed by atoms with Crippen molar-refractivity contribution in [3.05, 3.63) is 48.0 Å². The van der Waals surface area contributed by atoms with E-state index in [0.717, 1.165) is 16.9 Å². The number of thioether (sulfide) groups is 1. The number of nitrogens with one attached hydrogen (secondary N) is 1. The topological polar surface area (TPSA) is 72.2 Å². The average molecular weight is 322 g/mol. The van der Waals surface area contributed by atoms with E-state index in [0.29, 0.717) is 11.4 Å². The molecule has 0 aliphatic rings. The first-order valence-electron chi connectivity index (χ1n) is 6.52. The molecule has 0 radical (unpaired) electrons. The fourth-order valence-corrected chi connectivity index (χ4v) is 3.73. The van der Waals surface area contributed by atoms with Crippen LogP contribution in [0.3, 0.4) is 0 Å². The molecule has 0 atom stereocenters. The number of benzene rings is 2. The predicted molar refractivity (Wildman–Crippen MR) is 89.3 cm³/mol. The number of para-hydroxylation sites is 1. The summed E-state index contributed by atoms with van der Waals surface area (Å²) in [6.07, 6.45) is 2.68. The Kier molecular flexibility index (Phi) is 4.80. The van der Waals surface area contributed by atoms with Crippen molar-refractivity contribution in [2.75, 3.05) is 16.7 Å². The van der Waals surface area contributed by atoms with Gasteiger partial charge in [-0.2, -0.15) is 0 Å². The summed E-state index contributed by atoms with van der Waals surface area (Å²) in [5.41, 5.74) is 7.90. The lowest BCUT2D eigenvalue weighted by atomic mass is 10.1. The molecule has 112 valence electrons. The second-order valence-corrected chi connectivity index (χ2v) is 7.05. The molecule has 0 saturated heterocycles. The van der Waals surface area contributed by atoms with Gasteiger partial charge in [0.2, 0.25) is 0 Å². The first-order chi connectivity index (χ1) is 9.97. The Hall–Kier alpha value is -1.66. The highest BCUT2D eigenvalue weighted by molar-refractivity contribution is 7.99. The third-order valence-electron chi connectivity index (χ3n) is 3.16. The first-order valence-corrected chi connectivity index (χ1v) is 9.23. The summed E-state index contributed by atoms with van der Waals surface area (Å²) < 4.78 is 27.5. The molecule has 0 fully saturated rings. The number of aryl methyl sites for hydroxylation is 1. The lowest BCUT2D eigenvalue weighted by Gasteiger charge is -2.12. The van der Waals surface area contributed by atoms with Crippen LogP contribution in [0.15, 0.2) is 52.3 Å². The lowest BCUT2D eigenvalue weighted by molar-refractivity contribution is 0.601. The summed E-state index contributed by atoms with van der Waals surface area (Å²) in [6.45, 7) is 1.98. The van der Waals surface area contributed by atoms with Gasteiger partial charge in [0.15, 0.2) is 0 Å². The summed E-state index contributed by atoms with van der Waals surface area (Å²) in [5.74, 6) is 0. The standard InChI is InChI=1S/C15H18N2O2S2/c1-3-11-8-9-12(10-13(11)16)21(18,19)17-14-6-4-5-7-15(14)20-2/h4-10,17H,3,16H2,1-2H3. The smallest absolute Gasteiger partial charge is 0.262 e. The van der Waals surface area contributed by atoms with Crippen LogP contribution in [0.2, 0.25) is 0 Å². The fraction of sp³-hybridized carbons (Fsp3) is 0.200. The van der Waals surface area contributed by atoms with Crippen molar-refractivity contribution in [1.82, 2.24) is 0 Å². The monoisotopic (exact) mass is 322 g/mol. The van der Waals surface area contributed by atoms with E-state index < -0.39 is 10.0 Å². The normalized spacial score (nSPS) is 11.3. The zero-order valence-corrected chi connectivity index (χ0v) is 13.6. The molecule has 21 heavy (non-hydrogen) atoms. The molecule has 3 N–H and O–H groups in total. The van der Waals surface area contributed by atoms with Crippen LogP contribution in [-0.4, -0.2) is 14.7 Å². The zero-order valence-electron chi connectivity index (χ0n) is 12.0. The first kappa shape index (κ1) is 15.7. The van der Waals surface area contributed by atoms with Gasteiger partial charge >= 0.3 is 0 Å². The number of sulfonamides is 1. The largest absolute Gasteiger partial charge is 0.398 e. The Balaban J connectivity index is 2.36. The van der Waals surface area contributed by atoms with Crippen molar-refractivity contribution in [2.45, 2.75) is 23.1 Å². The summed E-state index contributed by atoms with van der Waals surface area (Å²) in [4.78, 5) is 1.05. The molecular weight excluding hydrogens is 304 g/mol. The summed E-state index contributed by atoms with van der Waals surface area (Å²) in [5, 5.41) is 0. The number of nitrogens with two attached hydrogens (primary N) is 1. The summed E-state index contributed by atoms with van der Waals surface area (Å²) >= 11 is 1.49. The predicted octanol–water partition coefficient (Wildman–Crippen LogP) is 3.35. The Morgan fingerprint density at radius 3 is 2.52 bits per heavy atom. The second kappa shape index (κ2) is 6.41. The molecule has 0 heterocycles. The Bertz CT molecular complexity index is 743. The molecule has 0 aromatic heterocycles. The minimum Gasteiger partial charge on any atom is -0.398 e. The SMILES string of the molecule is CCc1ccc(S(=O)(=O)Nc2ccccc2SC)cc1N. The van der Waals surface area contributed by atoms with Crippen LogP contribution >= 0.6 is 11.8 Å². The number of hydrogen-bond donors (Lipinski definition) is 2. The van der Waals surface area contributed by atoms with Crippen molar-refractivity contribution in [3.63, 3.8) is 0 Å². The highest BCUT2D eigenvalue weighted by atomic mass is 32.2. The molecule has 0 saturated carbocycles. The van der Waals surface area contributed by atoms with Crippen molar-refractivity contribution < 1.29 is 8.42 Å². The van der Waals surface area contributed by atoms with Crippen LogP contribution < -0.4 is 10.5 Å². The summed E-state index contributed by atoms with van der Waals surface area (Å²) in [6, 6.07) is 12.1. The molecule has 2 aromatic carbocycles. The van der Waals surface area contributed by atoms with E-state index in [1.807, 2.05) is 25.3 Å². The van der Waals surface area contributed by atoms with Gasteiger partial charge in [-0.1, -0.05) is 25.1 Å². The van der Waals surface area contributed by atoms with Gasteiger partial charge in [-0.3, -0.25) is 4.72 Å². The molecule has 0 aliphatic carbocycles. The van der Waals surface area contributed by atoms with E-state index in [2.05, 4.69) is 4.72 Å². The number of hydrogen-bond acceptors (Lipinski definition) is 4. The van der Waals surface area contributed by atoms with Gasteiger partial charge in [-0.05, 0) is 42.5 Å². The van der Waals surface area contributed by atoms with Crippen LogP contribution in [0, 0.1) is 0 Å². The quantitative estimate of drug-likeness (QED) is 0.654. The lowest BCUT2D eigenvalue weighted by Crippen LogP contribution is -2.14. The maximum Gasteiger partial charge on any atom is 0.262 e. The zero-order chi connectivity index (χ0) is 15.5. The van der Waals surface area contributed by atoms with Gasteiger partial charge in [0.25, 0.3) is 10.0 Å². The molecule has 0 amide bonds. The van der Waals surface area contributed by atoms with E-state index in [9.17, 15) is 8.42 Å². The minimum atomic E-state index is -3.64. The molecular formula is C15H18N2O2S2. The Morgan fingerprint density at radius 1 is 1.19 bits per heavy atom. The molecule has 2 rings (SSSR count). The van der Waals surface area contributed by atoms with Gasteiger partial charge in [-0.25, -0.2) is 8.42 Å². The van der Waals surface area contributed by atoms with Gasteiger partial charge in [-0.15, -0.1) is 11.8 Å². The van der Waals surface area contributed by atoms with Crippen molar-refractivity contribution in [3.8, 4) is 0 Å². The van der Waals surface area contributed by atoms with Crippen molar-refractivity contribution >= 4 is 33.2 Å². The third kappa shape index (κ3) is 3.51. The Labute approximate surface area is 129 Å². The van der Waals surface area contributed by atoms with Crippen LogP contribution in [0.1, 0.15) is 12.5 Å². The van der Waals surface area contributed by atoms with Crippen molar-refractivity contribution in [2.24, 2.45) is 0 Å². The molecule has 0 bridgehead atoms. The molecule has 0 spiro atoms. The van der Waals surface area contributed by atoms with Gasteiger partial charge in [0.1, 0.15) is 0 Å². The summed E-state index contributed by atoms with van der Waals surface area (Å²) in [7, 11) is -3.64. The van der Waals surface area contributed by atoms with E-state index in [4.69, 9.17) is 5.73 Å². The van der Waals surface area contributed by atoms with Crippen LogP contribution in [-0.2, 0) is 16.4 Å². The van der Waals surface area contributed by atoms with Crippen LogP contribution in [0.4, 0.5) is 11.4 Å². The van der Waals surface area contributed by atoms with E-state index in [-0.39, 0.29) is 4.90 Å². The maximum absolute atomic E-state index is 12.4. The number of nitrogen functional groups attached to an aromatic ring is 1. The number of rotatable bonds is 5. The molecule has 0 unspecified atom stereocenters. The van der Waals surface area contributed by atoms with Crippen molar-refractivity contribution in [1.29, 1.82) is 0 Å². The minimum absolute atomic E-state index is 0.174. The highest BCUT2D eigenvalue weighted by Gasteiger charge is 2.16. The molecule has 6 heteroatoms. The van der Waals surface area contributed by atoms with Crippen LogP contribution in [0.25, 0.3) is 0 Å². The van der Waals surface area contributed by atoms with E-state index in [1.165, 1.54) is 17.8 Å².